The number of hydrogen-bond donors (Lipinski definition) is 2. The van der Waals surface area contributed by atoms with Crippen LogP contribution in [0.4, 0.5) is 0 Å². The number of hydrogen-bond acceptors (Lipinski definition) is 5. The summed E-state index contributed by atoms with van der Waals surface area (Å²) < 4.78 is 11.0. The SMILES string of the molecule is COc1ccc2c(c1)C(NCC(O)c1ccsc1)CCO2. The predicted octanol–water partition coefficient (Wildman–Crippen LogP) is 2.90. The van der Waals surface area contributed by atoms with Crippen LogP contribution in [0.2, 0.25) is 0 Å². The molecule has 4 nitrogen and oxygen atoms in total. The Balaban J connectivity index is 1.70. The Morgan fingerprint density at radius 1 is 1.48 bits per heavy atom. The molecule has 0 saturated heterocycles. The van der Waals surface area contributed by atoms with E-state index in [2.05, 4.69) is 5.32 Å². The minimum atomic E-state index is -0.479. The summed E-state index contributed by atoms with van der Waals surface area (Å²) >= 11 is 1.60. The second-order valence-corrected chi connectivity index (χ2v) is 5.85. The number of rotatable bonds is 5. The van der Waals surface area contributed by atoms with E-state index in [9.17, 15) is 5.11 Å². The average Bonchev–Trinajstić information content (AvgIpc) is 3.06. The third kappa shape index (κ3) is 3.20. The standard InChI is InChI=1S/C16H19NO3S/c1-19-12-2-3-16-13(8-12)14(4-6-20-16)17-9-15(18)11-5-7-21-10-11/h2-3,5,7-8,10,14-15,17-18H,4,6,9H2,1H3. The van der Waals surface area contributed by atoms with Gasteiger partial charge in [-0.25, -0.2) is 0 Å². The Morgan fingerprint density at radius 2 is 2.38 bits per heavy atom. The molecule has 21 heavy (non-hydrogen) atoms. The Kier molecular flexibility index (Phi) is 4.43. The molecule has 0 fully saturated rings. The first-order valence-corrected chi connectivity index (χ1v) is 7.96. The summed E-state index contributed by atoms with van der Waals surface area (Å²) in [4.78, 5) is 0. The van der Waals surface area contributed by atoms with E-state index in [1.54, 1.807) is 18.4 Å². The van der Waals surface area contributed by atoms with Crippen LogP contribution in [0.15, 0.2) is 35.0 Å². The lowest BCUT2D eigenvalue weighted by molar-refractivity contribution is 0.163. The van der Waals surface area contributed by atoms with E-state index in [1.807, 2.05) is 35.0 Å². The van der Waals surface area contributed by atoms with Gasteiger partial charge in [-0.15, -0.1) is 0 Å². The summed E-state index contributed by atoms with van der Waals surface area (Å²) in [6.07, 6.45) is 0.407. The number of thiophene rings is 1. The molecule has 0 aliphatic carbocycles. The van der Waals surface area contributed by atoms with Gasteiger partial charge in [-0.05, 0) is 40.6 Å². The zero-order chi connectivity index (χ0) is 14.7. The van der Waals surface area contributed by atoms with Crippen molar-refractivity contribution >= 4 is 11.3 Å². The average molecular weight is 305 g/mol. The molecule has 112 valence electrons. The summed E-state index contributed by atoms with van der Waals surface area (Å²) in [6, 6.07) is 7.98. The van der Waals surface area contributed by atoms with E-state index >= 15 is 0 Å². The molecule has 2 aromatic rings. The van der Waals surface area contributed by atoms with Gasteiger partial charge in [-0.3, -0.25) is 0 Å². The fraction of sp³-hybridized carbons (Fsp3) is 0.375. The molecule has 0 bridgehead atoms. The summed E-state index contributed by atoms with van der Waals surface area (Å²) in [7, 11) is 1.66. The number of benzene rings is 1. The quantitative estimate of drug-likeness (QED) is 0.892. The van der Waals surface area contributed by atoms with Crippen molar-refractivity contribution in [2.24, 2.45) is 0 Å². The molecule has 1 aromatic carbocycles. The lowest BCUT2D eigenvalue weighted by Gasteiger charge is -2.28. The van der Waals surface area contributed by atoms with E-state index in [1.165, 1.54) is 0 Å². The number of fused-ring (bicyclic) bond motifs is 1. The van der Waals surface area contributed by atoms with Gasteiger partial charge in [0.25, 0.3) is 0 Å². The van der Waals surface area contributed by atoms with Crippen LogP contribution in [0.5, 0.6) is 11.5 Å². The normalized spacial score (nSPS) is 18.7. The number of nitrogens with one attached hydrogen (secondary N) is 1. The fourth-order valence-electron chi connectivity index (χ4n) is 2.55. The van der Waals surface area contributed by atoms with E-state index < -0.39 is 6.10 Å². The maximum Gasteiger partial charge on any atom is 0.124 e. The molecular weight excluding hydrogens is 286 g/mol. The van der Waals surface area contributed by atoms with Crippen molar-refractivity contribution in [3.63, 3.8) is 0 Å². The third-order valence-electron chi connectivity index (χ3n) is 3.74. The van der Waals surface area contributed by atoms with Gasteiger partial charge in [0.15, 0.2) is 0 Å². The largest absolute Gasteiger partial charge is 0.497 e. The smallest absolute Gasteiger partial charge is 0.124 e. The van der Waals surface area contributed by atoms with Crippen molar-refractivity contribution in [3.8, 4) is 11.5 Å². The number of methoxy groups -OCH3 is 1. The van der Waals surface area contributed by atoms with Gasteiger partial charge in [-0.2, -0.15) is 11.3 Å². The van der Waals surface area contributed by atoms with Crippen molar-refractivity contribution < 1.29 is 14.6 Å². The molecule has 0 radical (unpaired) electrons. The first-order valence-electron chi connectivity index (χ1n) is 7.02. The van der Waals surface area contributed by atoms with Crippen molar-refractivity contribution in [2.45, 2.75) is 18.6 Å². The van der Waals surface area contributed by atoms with Gasteiger partial charge in [0.1, 0.15) is 11.5 Å². The van der Waals surface area contributed by atoms with Crippen molar-refractivity contribution in [1.29, 1.82) is 0 Å². The molecule has 0 amide bonds. The summed E-state index contributed by atoms with van der Waals surface area (Å²) in [5, 5.41) is 17.6. The molecule has 1 aliphatic heterocycles. The molecule has 2 N–H and O–H groups in total. The second kappa shape index (κ2) is 6.47. The molecule has 2 heterocycles. The minimum absolute atomic E-state index is 0.178. The Hall–Kier alpha value is -1.56. The predicted molar refractivity (Wildman–Crippen MR) is 83.1 cm³/mol. The van der Waals surface area contributed by atoms with Gasteiger partial charge in [0, 0.05) is 24.6 Å². The number of aliphatic hydroxyl groups excluding tert-OH is 1. The molecular formula is C16H19NO3S. The zero-order valence-electron chi connectivity index (χ0n) is 11.9. The van der Waals surface area contributed by atoms with Crippen LogP contribution in [0.3, 0.4) is 0 Å². The Morgan fingerprint density at radius 3 is 3.14 bits per heavy atom. The molecule has 1 aliphatic rings. The Bertz CT molecular complexity index is 585. The van der Waals surface area contributed by atoms with Crippen molar-refractivity contribution in [2.75, 3.05) is 20.3 Å². The van der Waals surface area contributed by atoms with E-state index in [4.69, 9.17) is 9.47 Å². The van der Waals surface area contributed by atoms with Crippen LogP contribution in [0.1, 0.15) is 29.7 Å². The highest BCUT2D eigenvalue weighted by Gasteiger charge is 2.22. The van der Waals surface area contributed by atoms with Gasteiger partial charge in [-0.1, -0.05) is 0 Å². The second-order valence-electron chi connectivity index (χ2n) is 5.07. The van der Waals surface area contributed by atoms with Gasteiger partial charge < -0.3 is 19.9 Å². The number of ether oxygens (including phenoxy) is 2. The summed E-state index contributed by atoms with van der Waals surface area (Å²) in [6.45, 7) is 1.21. The molecule has 2 atom stereocenters. The molecule has 0 spiro atoms. The van der Waals surface area contributed by atoms with Crippen molar-refractivity contribution in [1.82, 2.24) is 5.32 Å². The van der Waals surface area contributed by atoms with E-state index in [0.29, 0.717) is 13.2 Å². The lowest BCUT2D eigenvalue weighted by Crippen LogP contribution is -2.30. The zero-order valence-corrected chi connectivity index (χ0v) is 12.7. The Labute approximate surface area is 128 Å². The molecule has 0 saturated carbocycles. The topological polar surface area (TPSA) is 50.7 Å². The lowest BCUT2D eigenvalue weighted by atomic mass is 9.99. The molecule has 3 rings (SSSR count). The van der Waals surface area contributed by atoms with Crippen LogP contribution in [0.25, 0.3) is 0 Å². The summed E-state index contributed by atoms with van der Waals surface area (Å²) in [5.74, 6) is 1.72. The highest BCUT2D eigenvalue weighted by atomic mass is 32.1. The van der Waals surface area contributed by atoms with E-state index in [-0.39, 0.29) is 6.04 Å². The van der Waals surface area contributed by atoms with Crippen LogP contribution in [-0.4, -0.2) is 25.4 Å². The van der Waals surface area contributed by atoms with E-state index in [0.717, 1.165) is 29.0 Å². The van der Waals surface area contributed by atoms with Gasteiger partial charge in [0.05, 0.1) is 19.8 Å². The maximum atomic E-state index is 10.2. The first-order chi connectivity index (χ1) is 10.3. The van der Waals surface area contributed by atoms with Crippen LogP contribution >= 0.6 is 11.3 Å². The maximum absolute atomic E-state index is 10.2. The molecule has 2 unspecified atom stereocenters. The monoisotopic (exact) mass is 305 g/mol. The van der Waals surface area contributed by atoms with Crippen molar-refractivity contribution in [3.05, 3.63) is 46.2 Å². The first kappa shape index (κ1) is 14.4. The minimum Gasteiger partial charge on any atom is -0.497 e. The van der Waals surface area contributed by atoms with Gasteiger partial charge in [0.2, 0.25) is 0 Å². The van der Waals surface area contributed by atoms with Gasteiger partial charge >= 0.3 is 0 Å². The summed E-state index contributed by atoms with van der Waals surface area (Å²) in [5.41, 5.74) is 2.06. The fourth-order valence-corrected chi connectivity index (χ4v) is 3.25. The van der Waals surface area contributed by atoms with Crippen LogP contribution in [0, 0.1) is 0 Å². The van der Waals surface area contributed by atoms with Crippen LogP contribution < -0.4 is 14.8 Å². The third-order valence-corrected chi connectivity index (χ3v) is 4.44. The number of aliphatic hydroxyl groups is 1. The van der Waals surface area contributed by atoms with Crippen LogP contribution in [-0.2, 0) is 0 Å². The molecule has 1 aromatic heterocycles. The molecule has 5 heteroatoms. The highest BCUT2D eigenvalue weighted by Crippen LogP contribution is 2.35. The highest BCUT2D eigenvalue weighted by molar-refractivity contribution is 7.07.